The molecule has 128 valence electrons. The van der Waals surface area contributed by atoms with Crippen molar-refractivity contribution in [1.82, 2.24) is 5.32 Å². The van der Waals surface area contributed by atoms with Gasteiger partial charge in [0, 0.05) is 11.4 Å². The molecule has 24 heavy (non-hydrogen) atoms. The lowest BCUT2D eigenvalue weighted by Gasteiger charge is -2.12. The number of amides is 1. The normalized spacial score (nSPS) is 11.8. The van der Waals surface area contributed by atoms with Crippen molar-refractivity contribution in [2.45, 2.75) is 36.8 Å². The molecule has 0 aliphatic carbocycles. The van der Waals surface area contributed by atoms with Gasteiger partial charge in [-0.2, -0.15) is 0 Å². The Kier molecular flexibility index (Phi) is 7.19. The summed E-state index contributed by atoms with van der Waals surface area (Å²) in [6.45, 7) is 4.70. The van der Waals surface area contributed by atoms with E-state index in [0.29, 0.717) is 6.54 Å². The molecule has 0 fully saturated rings. The van der Waals surface area contributed by atoms with Crippen molar-refractivity contribution in [3.05, 3.63) is 59.7 Å². The number of aryl methyl sites for hydroxylation is 2. The minimum Gasteiger partial charge on any atom is -0.497 e. The van der Waals surface area contributed by atoms with E-state index < -0.39 is 0 Å². The molecular weight excluding hydrogens is 318 g/mol. The molecule has 2 aromatic carbocycles. The molecule has 0 spiro atoms. The fourth-order valence-corrected chi connectivity index (χ4v) is 3.24. The minimum atomic E-state index is -0.0930. The standard InChI is InChI=1S/C20H25NO2S/c1-15-9-11-19(12-10-15)24-16(2)20(22)21-13-5-7-17-6-4-8-18(14-17)23-3/h4,6,8-12,14,16H,5,7,13H2,1-3H3,(H,21,22)/t16-/m1/s1. The Morgan fingerprint density at radius 2 is 1.96 bits per heavy atom. The van der Waals surface area contributed by atoms with Gasteiger partial charge < -0.3 is 10.1 Å². The van der Waals surface area contributed by atoms with Gasteiger partial charge in [-0.3, -0.25) is 4.79 Å². The van der Waals surface area contributed by atoms with Crippen LogP contribution in [0.1, 0.15) is 24.5 Å². The number of hydrogen-bond acceptors (Lipinski definition) is 3. The summed E-state index contributed by atoms with van der Waals surface area (Å²) in [7, 11) is 1.67. The van der Waals surface area contributed by atoms with Crippen LogP contribution in [-0.4, -0.2) is 24.8 Å². The second kappa shape index (κ2) is 9.38. The Morgan fingerprint density at radius 1 is 1.21 bits per heavy atom. The van der Waals surface area contributed by atoms with Gasteiger partial charge in [0.2, 0.25) is 5.91 Å². The van der Waals surface area contributed by atoms with E-state index in [9.17, 15) is 4.79 Å². The van der Waals surface area contributed by atoms with E-state index in [0.717, 1.165) is 23.5 Å². The van der Waals surface area contributed by atoms with Crippen LogP contribution in [0.2, 0.25) is 0 Å². The summed E-state index contributed by atoms with van der Waals surface area (Å²) in [4.78, 5) is 13.3. The Labute approximate surface area is 148 Å². The monoisotopic (exact) mass is 343 g/mol. The number of carbonyl (C=O) groups excluding carboxylic acids is 1. The lowest BCUT2D eigenvalue weighted by atomic mass is 10.1. The van der Waals surface area contributed by atoms with Crippen LogP contribution in [0.4, 0.5) is 0 Å². The fraction of sp³-hybridized carbons (Fsp3) is 0.350. The number of ether oxygens (including phenoxy) is 1. The van der Waals surface area contributed by atoms with Gasteiger partial charge in [0.05, 0.1) is 12.4 Å². The van der Waals surface area contributed by atoms with Crippen LogP contribution in [0.25, 0.3) is 0 Å². The van der Waals surface area contributed by atoms with Gasteiger partial charge in [-0.25, -0.2) is 0 Å². The van der Waals surface area contributed by atoms with Gasteiger partial charge in [0.25, 0.3) is 0 Å². The van der Waals surface area contributed by atoms with Gasteiger partial charge in [-0.15, -0.1) is 11.8 Å². The third-order valence-corrected chi connectivity index (χ3v) is 4.89. The number of hydrogen-bond donors (Lipinski definition) is 1. The number of nitrogens with one attached hydrogen (secondary N) is 1. The number of benzene rings is 2. The molecule has 0 aromatic heterocycles. The maximum absolute atomic E-state index is 12.2. The summed E-state index contributed by atoms with van der Waals surface area (Å²) in [5, 5.41) is 2.93. The van der Waals surface area contributed by atoms with Crippen molar-refractivity contribution in [1.29, 1.82) is 0 Å². The summed E-state index contributed by atoms with van der Waals surface area (Å²) in [5.74, 6) is 0.964. The minimum absolute atomic E-state index is 0.0891. The molecule has 0 bridgehead atoms. The molecule has 0 heterocycles. The molecular formula is C20H25NO2S. The first kappa shape index (κ1) is 18.4. The van der Waals surface area contributed by atoms with Gasteiger partial charge in [0.1, 0.15) is 5.75 Å². The van der Waals surface area contributed by atoms with Crippen molar-refractivity contribution < 1.29 is 9.53 Å². The summed E-state index contributed by atoms with van der Waals surface area (Å²) >= 11 is 1.59. The first-order valence-electron chi connectivity index (χ1n) is 8.22. The molecule has 3 nitrogen and oxygen atoms in total. The Bertz CT molecular complexity index is 655. The fourth-order valence-electron chi connectivity index (χ4n) is 2.35. The molecule has 2 rings (SSSR count). The SMILES string of the molecule is COc1cccc(CCCNC(=O)[C@@H](C)Sc2ccc(C)cc2)c1. The largest absolute Gasteiger partial charge is 0.497 e. The second-order valence-electron chi connectivity index (χ2n) is 5.82. The summed E-state index contributed by atoms with van der Waals surface area (Å²) in [6, 6.07) is 16.3. The molecule has 0 radical (unpaired) electrons. The van der Waals surface area contributed by atoms with E-state index in [4.69, 9.17) is 4.74 Å². The molecule has 4 heteroatoms. The van der Waals surface area contributed by atoms with Gasteiger partial charge in [-0.05, 0) is 56.5 Å². The molecule has 1 amide bonds. The Hall–Kier alpha value is -1.94. The van der Waals surface area contributed by atoms with Crippen LogP contribution in [0.3, 0.4) is 0 Å². The third-order valence-electron chi connectivity index (χ3n) is 3.78. The first-order chi connectivity index (χ1) is 11.6. The zero-order chi connectivity index (χ0) is 17.4. The molecule has 0 unspecified atom stereocenters. The smallest absolute Gasteiger partial charge is 0.233 e. The van der Waals surface area contributed by atoms with E-state index in [1.807, 2.05) is 25.1 Å². The van der Waals surface area contributed by atoms with Crippen molar-refractivity contribution in [2.75, 3.05) is 13.7 Å². The molecule has 0 saturated heterocycles. The third kappa shape index (κ3) is 5.93. The zero-order valence-electron chi connectivity index (χ0n) is 14.5. The van der Waals surface area contributed by atoms with Crippen LogP contribution in [0.5, 0.6) is 5.75 Å². The highest BCUT2D eigenvalue weighted by molar-refractivity contribution is 8.00. The molecule has 0 aliphatic heterocycles. The van der Waals surface area contributed by atoms with Crippen LogP contribution < -0.4 is 10.1 Å². The topological polar surface area (TPSA) is 38.3 Å². The second-order valence-corrected chi connectivity index (χ2v) is 7.23. The van der Waals surface area contributed by atoms with Crippen LogP contribution in [-0.2, 0) is 11.2 Å². The van der Waals surface area contributed by atoms with Gasteiger partial charge in [-0.1, -0.05) is 29.8 Å². The average Bonchev–Trinajstić information content (AvgIpc) is 2.60. The predicted molar refractivity (Wildman–Crippen MR) is 101 cm³/mol. The van der Waals surface area contributed by atoms with Crippen LogP contribution >= 0.6 is 11.8 Å². The zero-order valence-corrected chi connectivity index (χ0v) is 15.4. The molecule has 1 N–H and O–H groups in total. The number of methoxy groups -OCH3 is 1. The Morgan fingerprint density at radius 3 is 2.67 bits per heavy atom. The number of thioether (sulfide) groups is 1. The highest BCUT2D eigenvalue weighted by atomic mass is 32.2. The lowest BCUT2D eigenvalue weighted by molar-refractivity contribution is -0.120. The lowest BCUT2D eigenvalue weighted by Crippen LogP contribution is -2.31. The average molecular weight is 343 g/mol. The van der Waals surface area contributed by atoms with Gasteiger partial charge in [0.15, 0.2) is 0 Å². The number of carbonyl (C=O) groups is 1. The van der Waals surface area contributed by atoms with E-state index >= 15 is 0 Å². The number of rotatable bonds is 8. The summed E-state index contributed by atoms with van der Waals surface area (Å²) in [5.41, 5.74) is 2.46. The molecule has 0 aliphatic rings. The van der Waals surface area contributed by atoms with E-state index in [2.05, 4.69) is 42.6 Å². The van der Waals surface area contributed by atoms with Gasteiger partial charge >= 0.3 is 0 Å². The predicted octanol–water partition coefficient (Wildman–Crippen LogP) is 4.23. The first-order valence-corrected chi connectivity index (χ1v) is 9.10. The molecule has 2 aromatic rings. The quantitative estimate of drug-likeness (QED) is 0.576. The van der Waals surface area contributed by atoms with Crippen molar-refractivity contribution in [3.63, 3.8) is 0 Å². The summed E-state index contributed by atoms with van der Waals surface area (Å²) < 4.78 is 5.22. The van der Waals surface area contributed by atoms with E-state index in [1.165, 1.54) is 11.1 Å². The summed E-state index contributed by atoms with van der Waals surface area (Å²) in [6.07, 6.45) is 1.85. The maximum atomic E-state index is 12.2. The Balaban J connectivity index is 1.71. The van der Waals surface area contributed by atoms with E-state index in [1.54, 1.807) is 18.9 Å². The van der Waals surface area contributed by atoms with Crippen LogP contribution in [0, 0.1) is 6.92 Å². The highest BCUT2D eigenvalue weighted by Crippen LogP contribution is 2.23. The van der Waals surface area contributed by atoms with Crippen molar-refractivity contribution in [2.24, 2.45) is 0 Å². The highest BCUT2D eigenvalue weighted by Gasteiger charge is 2.13. The molecule has 0 saturated carbocycles. The van der Waals surface area contributed by atoms with Crippen molar-refractivity contribution in [3.8, 4) is 5.75 Å². The van der Waals surface area contributed by atoms with Crippen molar-refractivity contribution >= 4 is 17.7 Å². The van der Waals surface area contributed by atoms with E-state index in [-0.39, 0.29) is 11.2 Å². The molecule has 1 atom stereocenters. The maximum Gasteiger partial charge on any atom is 0.233 e. The van der Waals surface area contributed by atoms with Crippen LogP contribution in [0.15, 0.2) is 53.4 Å².